The quantitative estimate of drug-likeness (QED) is 0.437. The number of hydrogen-bond acceptors (Lipinski definition) is 5. The third-order valence-corrected chi connectivity index (χ3v) is 6.32. The van der Waals surface area contributed by atoms with Crippen molar-refractivity contribution in [2.45, 2.75) is 20.5 Å². The first-order valence-electron chi connectivity index (χ1n) is 11.3. The minimum atomic E-state index is 0.00206. The van der Waals surface area contributed by atoms with Gasteiger partial charge in [-0.2, -0.15) is 0 Å². The van der Waals surface area contributed by atoms with Crippen molar-refractivity contribution in [2.24, 2.45) is 0 Å². The second-order valence-electron chi connectivity index (χ2n) is 8.40. The lowest BCUT2D eigenvalue weighted by molar-refractivity contribution is 0.0742. The molecule has 1 aliphatic rings. The predicted molar refractivity (Wildman–Crippen MR) is 129 cm³/mol. The van der Waals surface area contributed by atoms with Crippen LogP contribution in [0.25, 0.3) is 10.8 Å². The highest BCUT2D eigenvalue weighted by atomic mass is 16.5. The van der Waals surface area contributed by atoms with E-state index in [0.29, 0.717) is 31.0 Å². The first-order valence-corrected chi connectivity index (χ1v) is 11.3. The van der Waals surface area contributed by atoms with Gasteiger partial charge in [0.25, 0.3) is 5.91 Å². The minimum Gasteiger partial charge on any atom is -0.488 e. The fourth-order valence-corrected chi connectivity index (χ4v) is 4.34. The monoisotopic (exact) mass is 441 g/mol. The van der Waals surface area contributed by atoms with Crippen molar-refractivity contribution in [1.82, 2.24) is 10.1 Å². The normalized spacial score (nSPS) is 14.0. The number of rotatable bonds is 5. The number of ether oxygens (including phenoxy) is 1. The third-order valence-electron chi connectivity index (χ3n) is 6.32. The number of amides is 1. The average molecular weight is 442 g/mol. The van der Waals surface area contributed by atoms with E-state index in [2.05, 4.69) is 22.2 Å². The van der Waals surface area contributed by atoms with Crippen molar-refractivity contribution < 1.29 is 14.1 Å². The second-order valence-corrected chi connectivity index (χ2v) is 8.40. The van der Waals surface area contributed by atoms with Crippen LogP contribution in [0.15, 0.2) is 71.3 Å². The molecule has 0 spiro atoms. The molecule has 1 aromatic heterocycles. The van der Waals surface area contributed by atoms with Gasteiger partial charge in [-0.25, -0.2) is 0 Å². The number of aromatic nitrogens is 1. The molecule has 0 N–H and O–H groups in total. The summed E-state index contributed by atoms with van der Waals surface area (Å²) < 4.78 is 11.5. The zero-order valence-corrected chi connectivity index (χ0v) is 19.0. The van der Waals surface area contributed by atoms with E-state index < -0.39 is 0 Å². The Kier molecular flexibility index (Phi) is 5.73. The van der Waals surface area contributed by atoms with E-state index in [1.54, 1.807) is 0 Å². The van der Waals surface area contributed by atoms with Gasteiger partial charge in [-0.1, -0.05) is 47.6 Å². The molecule has 0 radical (unpaired) electrons. The van der Waals surface area contributed by atoms with E-state index in [0.717, 1.165) is 40.9 Å². The Morgan fingerprint density at radius 1 is 0.939 bits per heavy atom. The topological polar surface area (TPSA) is 58.8 Å². The van der Waals surface area contributed by atoms with Gasteiger partial charge in [-0.15, -0.1) is 0 Å². The van der Waals surface area contributed by atoms with Gasteiger partial charge in [0.05, 0.1) is 16.8 Å². The standard InChI is InChI=1S/C27H27N3O3/c1-19-25(20(2)33-28-19)18-32-26-17-22-9-7-6-8-21(22)16-24(26)27(31)30-14-12-29(13-15-30)23-10-4-3-5-11-23/h3-11,16-17H,12-15,18H2,1-2H3. The largest absolute Gasteiger partial charge is 0.488 e. The molecule has 5 rings (SSSR count). The number of hydrogen-bond donors (Lipinski definition) is 0. The lowest BCUT2D eigenvalue weighted by Gasteiger charge is -2.36. The number of para-hydroxylation sites is 1. The Balaban J connectivity index is 1.39. The number of carbonyl (C=O) groups is 1. The van der Waals surface area contributed by atoms with E-state index >= 15 is 0 Å². The molecular weight excluding hydrogens is 414 g/mol. The first kappa shape index (κ1) is 21.1. The summed E-state index contributed by atoms with van der Waals surface area (Å²) in [4.78, 5) is 17.8. The molecule has 2 heterocycles. The van der Waals surface area contributed by atoms with Crippen LogP contribution in [0, 0.1) is 13.8 Å². The molecule has 0 saturated carbocycles. The van der Waals surface area contributed by atoms with Gasteiger partial charge >= 0.3 is 0 Å². The fourth-order valence-electron chi connectivity index (χ4n) is 4.34. The number of aryl methyl sites for hydroxylation is 2. The van der Waals surface area contributed by atoms with E-state index in [1.165, 1.54) is 5.69 Å². The van der Waals surface area contributed by atoms with Crippen molar-refractivity contribution in [3.05, 3.63) is 89.3 Å². The smallest absolute Gasteiger partial charge is 0.257 e. The Hall–Kier alpha value is -3.80. The minimum absolute atomic E-state index is 0.00206. The molecule has 6 nitrogen and oxygen atoms in total. The maximum absolute atomic E-state index is 13.6. The van der Waals surface area contributed by atoms with Gasteiger partial charge in [0, 0.05) is 31.9 Å². The number of fused-ring (bicyclic) bond motifs is 1. The number of nitrogens with zero attached hydrogens (tertiary/aromatic N) is 3. The molecule has 1 fully saturated rings. The molecule has 33 heavy (non-hydrogen) atoms. The van der Waals surface area contributed by atoms with Crippen molar-refractivity contribution in [2.75, 3.05) is 31.1 Å². The van der Waals surface area contributed by atoms with Crippen LogP contribution in [0.2, 0.25) is 0 Å². The zero-order valence-electron chi connectivity index (χ0n) is 19.0. The van der Waals surface area contributed by atoms with E-state index in [-0.39, 0.29) is 5.91 Å². The molecule has 4 aromatic rings. The zero-order chi connectivity index (χ0) is 22.8. The molecular formula is C27H27N3O3. The SMILES string of the molecule is Cc1noc(C)c1COc1cc2ccccc2cc1C(=O)N1CCN(c2ccccc2)CC1. The summed E-state index contributed by atoms with van der Waals surface area (Å²) in [5, 5.41) is 6.07. The van der Waals surface area contributed by atoms with E-state index in [1.807, 2.05) is 73.3 Å². The van der Waals surface area contributed by atoms with Gasteiger partial charge < -0.3 is 19.1 Å². The van der Waals surface area contributed by atoms with Crippen LogP contribution in [-0.2, 0) is 6.61 Å². The molecule has 3 aromatic carbocycles. The van der Waals surface area contributed by atoms with Gasteiger partial charge in [0.1, 0.15) is 18.1 Å². The van der Waals surface area contributed by atoms with E-state index in [4.69, 9.17) is 9.26 Å². The molecule has 6 heteroatoms. The van der Waals surface area contributed by atoms with Crippen LogP contribution in [0.3, 0.4) is 0 Å². The number of anilines is 1. The van der Waals surface area contributed by atoms with Crippen LogP contribution in [0.4, 0.5) is 5.69 Å². The lowest BCUT2D eigenvalue weighted by atomic mass is 10.0. The molecule has 0 unspecified atom stereocenters. The van der Waals surface area contributed by atoms with Gasteiger partial charge in [-0.05, 0) is 48.9 Å². The number of benzene rings is 3. The Bertz CT molecular complexity index is 1260. The van der Waals surface area contributed by atoms with Crippen LogP contribution in [-0.4, -0.2) is 42.1 Å². The Morgan fingerprint density at radius 2 is 1.61 bits per heavy atom. The first-order chi connectivity index (χ1) is 16.1. The van der Waals surface area contributed by atoms with Gasteiger partial charge in [0.15, 0.2) is 0 Å². The van der Waals surface area contributed by atoms with Crippen molar-refractivity contribution in [1.29, 1.82) is 0 Å². The highest BCUT2D eigenvalue weighted by Gasteiger charge is 2.25. The maximum atomic E-state index is 13.6. The van der Waals surface area contributed by atoms with Crippen LogP contribution in [0.5, 0.6) is 5.75 Å². The predicted octanol–water partition coefficient (Wildman–Crippen LogP) is 4.99. The average Bonchev–Trinajstić information content (AvgIpc) is 3.19. The number of piperazine rings is 1. The maximum Gasteiger partial charge on any atom is 0.257 e. The highest BCUT2D eigenvalue weighted by Crippen LogP contribution is 2.29. The van der Waals surface area contributed by atoms with Gasteiger partial charge in [0.2, 0.25) is 0 Å². The molecule has 0 atom stereocenters. The van der Waals surface area contributed by atoms with Gasteiger partial charge in [-0.3, -0.25) is 4.79 Å². The molecule has 1 saturated heterocycles. The molecule has 168 valence electrons. The molecule has 1 amide bonds. The summed E-state index contributed by atoms with van der Waals surface area (Å²) in [6, 6.07) is 22.3. The third kappa shape index (κ3) is 4.29. The lowest BCUT2D eigenvalue weighted by Crippen LogP contribution is -2.48. The second kappa shape index (κ2) is 8.98. The van der Waals surface area contributed by atoms with Crippen LogP contribution < -0.4 is 9.64 Å². The summed E-state index contributed by atoms with van der Waals surface area (Å²) in [6.45, 7) is 7.03. The number of carbonyl (C=O) groups excluding carboxylic acids is 1. The molecule has 1 aliphatic heterocycles. The van der Waals surface area contributed by atoms with Crippen molar-refractivity contribution in [3.63, 3.8) is 0 Å². The fraction of sp³-hybridized carbons (Fsp3) is 0.259. The highest BCUT2D eigenvalue weighted by molar-refractivity contribution is 6.01. The Labute approximate surface area is 193 Å². The summed E-state index contributed by atoms with van der Waals surface area (Å²) >= 11 is 0. The summed E-state index contributed by atoms with van der Waals surface area (Å²) in [5.74, 6) is 1.32. The van der Waals surface area contributed by atoms with Crippen molar-refractivity contribution in [3.8, 4) is 5.75 Å². The van der Waals surface area contributed by atoms with Crippen LogP contribution >= 0.6 is 0 Å². The Morgan fingerprint density at radius 3 is 2.27 bits per heavy atom. The summed E-state index contributed by atoms with van der Waals surface area (Å²) in [5.41, 5.74) is 3.50. The van der Waals surface area contributed by atoms with Crippen LogP contribution in [0.1, 0.15) is 27.4 Å². The summed E-state index contributed by atoms with van der Waals surface area (Å²) in [7, 11) is 0. The summed E-state index contributed by atoms with van der Waals surface area (Å²) in [6.07, 6.45) is 0. The molecule has 0 aliphatic carbocycles. The van der Waals surface area contributed by atoms with Crippen molar-refractivity contribution >= 4 is 22.4 Å². The van der Waals surface area contributed by atoms with E-state index in [9.17, 15) is 4.79 Å². The molecule has 0 bridgehead atoms.